The van der Waals surface area contributed by atoms with E-state index in [-0.39, 0.29) is 0 Å². The van der Waals surface area contributed by atoms with Crippen LogP contribution in [0.5, 0.6) is 11.5 Å². The molecule has 0 aliphatic carbocycles. The summed E-state index contributed by atoms with van der Waals surface area (Å²) in [5.41, 5.74) is 2.35. The maximum absolute atomic E-state index is 5.41. The Kier molecular flexibility index (Phi) is 6.11. The van der Waals surface area contributed by atoms with Crippen LogP contribution in [-0.2, 0) is 19.3 Å². The second kappa shape index (κ2) is 8.71. The van der Waals surface area contributed by atoms with E-state index in [1.54, 1.807) is 18.4 Å². The molecule has 0 radical (unpaired) electrons. The summed E-state index contributed by atoms with van der Waals surface area (Å²) in [6.45, 7) is 4.06. The number of aryl methyl sites for hydroxylation is 1. The van der Waals surface area contributed by atoms with E-state index in [4.69, 9.17) is 9.47 Å². The maximum atomic E-state index is 5.41. The summed E-state index contributed by atoms with van der Waals surface area (Å²) in [6.07, 6.45) is 2.80. The zero-order valence-electron chi connectivity index (χ0n) is 14.7. The number of aliphatic imine (C=N–C) groups is 1. The molecule has 0 unspecified atom stereocenters. The summed E-state index contributed by atoms with van der Waals surface area (Å²) < 4.78 is 10.7. The first-order chi connectivity index (χ1) is 12.3. The lowest BCUT2D eigenvalue weighted by Crippen LogP contribution is -2.39. The highest BCUT2D eigenvalue weighted by molar-refractivity contribution is 7.09. The molecule has 1 aliphatic rings. The number of hydrogen-bond donors (Lipinski definition) is 2. The lowest BCUT2D eigenvalue weighted by molar-refractivity contribution is 0.174. The number of thiazole rings is 1. The molecule has 1 aliphatic heterocycles. The van der Waals surface area contributed by atoms with Crippen molar-refractivity contribution < 1.29 is 9.47 Å². The van der Waals surface area contributed by atoms with Crippen molar-refractivity contribution in [3.63, 3.8) is 0 Å². The first-order valence-electron chi connectivity index (χ1n) is 8.55. The summed E-state index contributed by atoms with van der Waals surface area (Å²) in [6, 6.07) is 6.07. The highest BCUT2D eigenvalue weighted by atomic mass is 32.1. The third-order valence-corrected chi connectivity index (χ3v) is 4.98. The molecule has 2 N–H and O–H groups in total. The van der Waals surface area contributed by atoms with Crippen LogP contribution in [0.1, 0.15) is 23.2 Å². The van der Waals surface area contributed by atoms with Crippen LogP contribution in [0.25, 0.3) is 0 Å². The number of benzene rings is 1. The summed E-state index contributed by atoms with van der Waals surface area (Å²) in [5.74, 6) is 2.46. The lowest BCUT2D eigenvalue weighted by atomic mass is 10.1. The van der Waals surface area contributed by atoms with Gasteiger partial charge in [-0.15, -0.1) is 11.3 Å². The van der Waals surface area contributed by atoms with E-state index in [9.17, 15) is 0 Å². The first-order valence-corrected chi connectivity index (χ1v) is 9.42. The maximum Gasteiger partial charge on any atom is 0.231 e. The van der Waals surface area contributed by atoms with Crippen LogP contribution in [-0.4, -0.2) is 37.9 Å². The molecular formula is C18H24N4O2S. The van der Waals surface area contributed by atoms with E-state index >= 15 is 0 Å². The number of nitrogens with one attached hydrogen (secondary N) is 2. The van der Waals surface area contributed by atoms with Gasteiger partial charge >= 0.3 is 0 Å². The molecule has 1 aromatic carbocycles. The highest BCUT2D eigenvalue weighted by Crippen LogP contribution is 2.32. The molecule has 0 saturated carbocycles. The molecule has 1 aromatic heterocycles. The van der Waals surface area contributed by atoms with Gasteiger partial charge in [0.25, 0.3) is 0 Å². The van der Waals surface area contributed by atoms with Crippen LogP contribution in [0.15, 0.2) is 28.6 Å². The van der Waals surface area contributed by atoms with E-state index < -0.39 is 0 Å². The molecule has 25 heavy (non-hydrogen) atoms. The van der Waals surface area contributed by atoms with Crippen molar-refractivity contribution in [3.8, 4) is 11.5 Å². The number of rotatable bonds is 7. The molecule has 2 heterocycles. The Morgan fingerprint density at radius 3 is 2.76 bits per heavy atom. The largest absolute Gasteiger partial charge is 0.454 e. The quantitative estimate of drug-likeness (QED) is 0.586. The van der Waals surface area contributed by atoms with E-state index in [1.807, 2.05) is 12.1 Å². The second-order valence-electron chi connectivity index (χ2n) is 5.70. The summed E-state index contributed by atoms with van der Waals surface area (Å²) in [5, 5.41) is 10.0. The SMILES string of the molecule is CCc1nc(CCNC(=NC)NCCc2ccc3c(c2)OCO3)cs1. The van der Waals surface area contributed by atoms with Gasteiger partial charge in [-0.05, 0) is 30.5 Å². The van der Waals surface area contributed by atoms with Crippen LogP contribution in [0.4, 0.5) is 0 Å². The zero-order chi connectivity index (χ0) is 17.5. The number of ether oxygens (including phenoxy) is 2. The van der Waals surface area contributed by atoms with Gasteiger partial charge in [0.1, 0.15) is 0 Å². The van der Waals surface area contributed by atoms with Crippen LogP contribution in [0.3, 0.4) is 0 Å². The Morgan fingerprint density at radius 2 is 2.00 bits per heavy atom. The topological polar surface area (TPSA) is 67.8 Å². The monoisotopic (exact) mass is 360 g/mol. The Bertz CT molecular complexity index is 730. The third-order valence-electron chi connectivity index (χ3n) is 3.94. The smallest absolute Gasteiger partial charge is 0.231 e. The van der Waals surface area contributed by atoms with Crippen LogP contribution >= 0.6 is 11.3 Å². The van der Waals surface area contributed by atoms with Gasteiger partial charge in [0, 0.05) is 31.9 Å². The van der Waals surface area contributed by atoms with Crippen molar-refractivity contribution in [2.24, 2.45) is 4.99 Å². The van der Waals surface area contributed by atoms with E-state index in [0.717, 1.165) is 55.5 Å². The molecule has 0 bridgehead atoms. The number of fused-ring (bicyclic) bond motifs is 1. The minimum Gasteiger partial charge on any atom is -0.454 e. The first kappa shape index (κ1) is 17.5. The molecule has 7 heteroatoms. The van der Waals surface area contributed by atoms with Crippen LogP contribution in [0, 0.1) is 0 Å². The molecule has 134 valence electrons. The molecule has 0 amide bonds. The molecule has 0 atom stereocenters. The predicted octanol–water partition coefficient (Wildman–Crippen LogP) is 2.38. The minimum atomic E-state index is 0.312. The third kappa shape index (κ3) is 4.85. The number of hydrogen-bond acceptors (Lipinski definition) is 5. The molecular weight excluding hydrogens is 336 g/mol. The molecule has 0 saturated heterocycles. The van der Waals surface area contributed by atoms with Gasteiger partial charge in [0.15, 0.2) is 17.5 Å². The highest BCUT2D eigenvalue weighted by Gasteiger charge is 2.12. The molecule has 3 rings (SSSR count). The van der Waals surface area contributed by atoms with E-state index in [0.29, 0.717) is 6.79 Å². The molecule has 2 aromatic rings. The van der Waals surface area contributed by atoms with Crippen molar-refractivity contribution in [1.82, 2.24) is 15.6 Å². The number of guanidine groups is 1. The second-order valence-corrected chi connectivity index (χ2v) is 6.64. The fraction of sp³-hybridized carbons (Fsp3) is 0.444. The standard InChI is InChI=1S/C18H24N4O2S/c1-3-17-22-14(11-25-17)7-9-21-18(19-2)20-8-6-13-4-5-15-16(10-13)24-12-23-15/h4-5,10-11H,3,6-9,12H2,1-2H3,(H2,19,20,21). The van der Waals surface area contributed by atoms with Crippen molar-refractivity contribution in [1.29, 1.82) is 0 Å². The van der Waals surface area contributed by atoms with Gasteiger partial charge in [-0.3, -0.25) is 4.99 Å². The molecule has 0 spiro atoms. The Hall–Kier alpha value is -2.28. The molecule has 0 fully saturated rings. The fourth-order valence-electron chi connectivity index (χ4n) is 2.58. The van der Waals surface area contributed by atoms with Gasteiger partial charge < -0.3 is 20.1 Å². The van der Waals surface area contributed by atoms with Crippen LogP contribution in [0.2, 0.25) is 0 Å². The van der Waals surface area contributed by atoms with E-state index in [1.165, 1.54) is 10.6 Å². The summed E-state index contributed by atoms with van der Waals surface area (Å²) in [7, 11) is 1.79. The Morgan fingerprint density at radius 1 is 1.20 bits per heavy atom. The van der Waals surface area contributed by atoms with Gasteiger partial charge in [-0.2, -0.15) is 0 Å². The zero-order valence-corrected chi connectivity index (χ0v) is 15.5. The fourth-order valence-corrected chi connectivity index (χ4v) is 3.36. The minimum absolute atomic E-state index is 0.312. The lowest BCUT2D eigenvalue weighted by Gasteiger charge is -2.11. The Balaban J connectivity index is 1.39. The van der Waals surface area contributed by atoms with E-state index in [2.05, 4.69) is 39.0 Å². The van der Waals surface area contributed by atoms with Crippen molar-refractivity contribution in [2.75, 3.05) is 26.9 Å². The average Bonchev–Trinajstić information content (AvgIpc) is 3.28. The van der Waals surface area contributed by atoms with Crippen LogP contribution < -0.4 is 20.1 Å². The molecule has 6 nitrogen and oxygen atoms in total. The van der Waals surface area contributed by atoms with Crippen molar-refractivity contribution >= 4 is 17.3 Å². The van der Waals surface area contributed by atoms with Gasteiger partial charge in [0.2, 0.25) is 6.79 Å². The summed E-state index contributed by atoms with van der Waals surface area (Å²) >= 11 is 1.73. The van der Waals surface area contributed by atoms with Gasteiger partial charge in [-0.1, -0.05) is 13.0 Å². The predicted molar refractivity (Wildman–Crippen MR) is 101 cm³/mol. The normalized spacial score (nSPS) is 13.1. The van der Waals surface area contributed by atoms with Gasteiger partial charge in [-0.25, -0.2) is 4.98 Å². The number of aromatic nitrogens is 1. The van der Waals surface area contributed by atoms with Crippen molar-refractivity contribution in [3.05, 3.63) is 39.8 Å². The summed E-state index contributed by atoms with van der Waals surface area (Å²) in [4.78, 5) is 8.84. The number of nitrogens with zero attached hydrogens (tertiary/aromatic N) is 2. The average molecular weight is 360 g/mol. The van der Waals surface area contributed by atoms with Gasteiger partial charge in [0.05, 0.1) is 10.7 Å². The van der Waals surface area contributed by atoms with Crippen molar-refractivity contribution in [2.45, 2.75) is 26.2 Å². The Labute approximate surface area is 152 Å².